The van der Waals surface area contributed by atoms with Gasteiger partial charge in [-0.3, -0.25) is 4.79 Å². The van der Waals surface area contributed by atoms with Crippen LogP contribution in [0.5, 0.6) is 5.88 Å². The first kappa shape index (κ1) is 15.2. The standard InChI is InChI=1S/C11H13F3N2O3/c12-11(13,14)7-19-10-4-3-8(6-15-10)16-9(18)2-1-5-17/h3-4,6,17H,1-2,5,7H2,(H,16,18). The molecule has 0 aliphatic heterocycles. The van der Waals surface area contributed by atoms with Gasteiger partial charge in [-0.05, 0) is 12.5 Å². The molecule has 2 N–H and O–H groups in total. The van der Waals surface area contributed by atoms with Crippen LogP contribution in [-0.2, 0) is 4.79 Å². The quantitative estimate of drug-likeness (QED) is 0.831. The first-order valence-electron chi connectivity index (χ1n) is 5.47. The molecule has 0 aromatic carbocycles. The zero-order chi connectivity index (χ0) is 14.3. The summed E-state index contributed by atoms with van der Waals surface area (Å²) in [6, 6.07) is 2.61. The number of carbonyl (C=O) groups excluding carboxylic acids is 1. The molecule has 1 amide bonds. The highest BCUT2D eigenvalue weighted by Crippen LogP contribution is 2.18. The van der Waals surface area contributed by atoms with Crippen LogP contribution >= 0.6 is 0 Å². The Labute approximate surface area is 107 Å². The van der Waals surface area contributed by atoms with Crippen molar-refractivity contribution in [3.8, 4) is 5.88 Å². The molecule has 0 saturated heterocycles. The second kappa shape index (κ2) is 6.93. The summed E-state index contributed by atoms with van der Waals surface area (Å²) in [5, 5.41) is 11.0. The Bertz CT molecular complexity index is 407. The summed E-state index contributed by atoms with van der Waals surface area (Å²) in [6.45, 7) is -1.50. The normalized spacial score (nSPS) is 11.2. The molecule has 8 heteroatoms. The van der Waals surface area contributed by atoms with Gasteiger partial charge in [-0.1, -0.05) is 0 Å². The van der Waals surface area contributed by atoms with Crippen LogP contribution < -0.4 is 10.1 Å². The number of anilines is 1. The molecule has 0 atom stereocenters. The summed E-state index contributed by atoms with van der Waals surface area (Å²) in [5.74, 6) is -0.481. The minimum atomic E-state index is -4.42. The van der Waals surface area contributed by atoms with Gasteiger partial charge in [0.15, 0.2) is 6.61 Å². The lowest BCUT2D eigenvalue weighted by molar-refractivity contribution is -0.154. The third-order valence-corrected chi connectivity index (χ3v) is 1.97. The molecule has 0 bridgehead atoms. The second-order valence-corrected chi connectivity index (χ2v) is 3.66. The number of aromatic nitrogens is 1. The van der Waals surface area contributed by atoms with Crippen LogP contribution in [0.15, 0.2) is 18.3 Å². The van der Waals surface area contributed by atoms with E-state index in [9.17, 15) is 18.0 Å². The summed E-state index contributed by atoms with van der Waals surface area (Å²) in [4.78, 5) is 14.9. The predicted molar refractivity (Wildman–Crippen MR) is 60.7 cm³/mol. The maximum absolute atomic E-state index is 11.9. The van der Waals surface area contributed by atoms with E-state index < -0.39 is 12.8 Å². The third-order valence-electron chi connectivity index (χ3n) is 1.97. The first-order valence-corrected chi connectivity index (χ1v) is 5.47. The Balaban J connectivity index is 2.45. The largest absolute Gasteiger partial charge is 0.468 e. The van der Waals surface area contributed by atoms with Crippen LogP contribution in [-0.4, -0.2) is 35.4 Å². The van der Waals surface area contributed by atoms with E-state index in [1.807, 2.05) is 0 Å². The second-order valence-electron chi connectivity index (χ2n) is 3.66. The number of rotatable bonds is 6. The summed E-state index contributed by atoms with van der Waals surface area (Å²) in [7, 11) is 0. The van der Waals surface area contributed by atoms with Crippen molar-refractivity contribution >= 4 is 11.6 Å². The minimum absolute atomic E-state index is 0.0874. The van der Waals surface area contributed by atoms with E-state index in [1.165, 1.54) is 18.3 Å². The summed E-state index contributed by atoms with van der Waals surface area (Å²) in [5.41, 5.74) is 0.349. The lowest BCUT2D eigenvalue weighted by atomic mass is 10.3. The molecule has 19 heavy (non-hydrogen) atoms. The number of ether oxygens (including phenoxy) is 1. The van der Waals surface area contributed by atoms with Gasteiger partial charge in [0.2, 0.25) is 11.8 Å². The number of hydrogen-bond acceptors (Lipinski definition) is 4. The van der Waals surface area contributed by atoms with Crippen molar-refractivity contribution in [1.82, 2.24) is 4.98 Å². The number of alkyl halides is 3. The molecule has 0 aliphatic rings. The van der Waals surface area contributed by atoms with Crippen LogP contribution in [0.25, 0.3) is 0 Å². The van der Waals surface area contributed by atoms with E-state index in [-0.39, 0.29) is 24.8 Å². The summed E-state index contributed by atoms with van der Waals surface area (Å²) >= 11 is 0. The van der Waals surface area contributed by atoms with Crippen molar-refractivity contribution in [2.75, 3.05) is 18.5 Å². The number of amides is 1. The summed E-state index contributed by atoms with van der Waals surface area (Å²) < 4.78 is 40.1. The summed E-state index contributed by atoms with van der Waals surface area (Å²) in [6.07, 6.45) is -2.73. The molecule has 1 rings (SSSR count). The zero-order valence-electron chi connectivity index (χ0n) is 9.91. The molecule has 0 aliphatic carbocycles. The maximum Gasteiger partial charge on any atom is 0.422 e. The van der Waals surface area contributed by atoms with Crippen LogP contribution in [0.3, 0.4) is 0 Å². The van der Waals surface area contributed by atoms with Gasteiger partial charge in [-0.15, -0.1) is 0 Å². The Morgan fingerprint density at radius 3 is 2.68 bits per heavy atom. The molecule has 1 aromatic heterocycles. The Morgan fingerprint density at radius 2 is 2.16 bits per heavy atom. The number of halogens is 3. The highest BCUT2D eigenvalue weighted by atomic mass is 19.4. The van der Waals surface area contributed by atoms with Crippen molar-refractivity contribution in [2.45, 2.75) is 19.0 Å². The number of hydrogen-bond donors (Lipinski definition) is 2. The van der Waals surface area contributed by atoms with Gasteiger partial charge >= 0.3 is 6.18 Å². The van der Waals surface area contributed by atoms with Crippen LogP contribution in [0.2, 0.25) is 0 Å². The monoisotopic (exact) mass is 278 g/mol. The van der Waals surface area contributed by atoms with E-state index in [0.717, 1.165) is 0 Å². The minimum Gasteiger partial charge on any atom is -0.468 e. The Morgan fingerprint density at radius 1 is 1.42 bits per heavy atom. The molecule has 1 aromatic rings. The first-order chi connectivity index (χ1) is 8.90. The van der Waals surface area contributed by atoms with Crippen LogP contribution in [0.1, 0.15) is 12.8 Å². The third kappa shape index (κ3) is 6.61. The van der Waals surface area contributed by atoms with Gasteiger partial charge in [-0.25, -0.2) is 4.98 Å². The van der Waals surface area contributed by atoms with E-state index in [1.54, 1.807) is 0 Å². The number of pyridine rings is 1. The van der Waals surface area contributed by atoms with E-state index in [0.29, 0.717) is 12.1 Å². The van der Waals surface area contributed by atoms with Crippen molar-refractivity contribution in [3.63, 3.8) is 0 Å². The smallest absolute Gasteiger partial charge is 0.422 e. The topological polar surface area (TPSA) is 71.5 Å². The average Bonchev–Trinajstić information content (AvgIpc) is 2.34. The van der Waals surface area contributed by atoms with Crippen molar-refractivity contribution in [3.05, 3.63) is 18.3 Å². The number of nitrogens with one attached hydrogen (secondary N) is 1. The number of nitrogens with zero attached hydrogens (tertiary/aromatic N) is 1. The molecule has 0 fully saturated rings. The lowest BCUT2D eigenvalue weighted by Crippen LogP contribution is -2.19. The fraction of sp³-hybridized carbons (Fsp3) is 0.455. The lowest BCUT2D eigenvalue weighted by Gasteiger charge is -2.09. The number of carbonyl (C=O) groups is 1. The van der Waals surface area contributed by atoms with Crippen LogP contribution in [0.4, 0.5) is 18.9 Å². The van der Waals surface area contributed by atoms with Gasteiger partial charge in [0.25, 0.3) is 0 Å². The molecule has 1 heterocycles. The van der Waals surface area contributed by atoms with E-state index in [4.69, 9.17) is 5.11 Å². The van der Waals surface area contributed by atoms with Gasteiger partial charge < -0.3 is 15.2 Å². The van der Waals surface area contributed by atoms with Crippen molar-refractivity contribution in [2.24, 2.45) is 0 Å². The highest BCUT2D eigenvalue weighted by molar-refractivity contribution is 5.90. The fourth-order valence-electron chi connectivity index (χ4n) is 1.16. The molecule has 106 valence electrons. The SMILES string of the molecule is O=C(CCCO)Nc1ccc(OCC(F)(F)F)nc1. The molecule has 0 spiro atoms. The van der Waals surface area contributed by atoms with E-state index in [2.05, 4.69) is 15.0 Å². The number of aliphatic hydroxyl groups excluding tert-OH is 1. The van der Waals surface area contributed by atoms with Gasteiger partial charge in [0.05, 0.1) is 11.9 Å². The molecular weight excluding hydrogens is 265 g/mol. The molecule has 0 radical (unpaired) electrons. The fourth-order valence-corrected chi connectivity index (χ4v) is 1.16. The van der Waals surface area contributed by atoms with Gasteiger partial charge in [-0.2, -0.15) is 13.2 Å². The molecule has 0 unspecified atom stereocenters. The van der Waals surface area contributed by atoms with E-state index >= 15 is 0 Å². The van der Waals surface area contributed by atoms with Crippen molar-refractivity contribution in [1.29, 1.82) is 0 Å². The highest BCUT2D eigenvalue weighted by Gasteiger charge is 2.28. The Kier molecular flexibility index (Phi) is 5.56. The average molecular weight is 278 g/mol. The number of aliphatic hydroxyl groups is 1. The van der Waals surface area contributed by atoms with Gasteiger partial charge in [0.1, 0.15) is 0 Å². The molecule has 5 nitrogen and oxygen atoms in total. The van der Waals surface area contributed by atoms with Gasteiger partial charge in [0, 0.05) is 19.1 Å². The van der Waals surface area contributed by atoms with Crippen molar-refractivity contribution < 1.29 is 27.8 Å². The Hall–Kier alpha value is -1.83. The van der Waals surface area contributed by atoms with Crippen LogP contribution in [0, 0.1) is 0 Å². The molecule has 0 saturated carbocycles. The maximum atomic E-state index is 11.9. The predicted octanol–water partition coefficient (Wildman–Crippen LogP) is 1.73. The molecular formula is C11H13F3N2O3. The zero-order valence-corrected chi connectivity index (χ0v) is 9.91.